The van der Waals surface area contributed by atoms with E-state index in [0.717, 1.165) is 23.8 Å². The third-order valence-corrected chi connectivity index (χ3v) is 5.59. The lowest BCUT2D eigenvalue weighted by Gasteiger charge is -2.18. The van der Waals surface area contributed by atoms with Gasteiger partial charge in [-0.2, -0.15) is 0 Å². The van der Waals surface area contributed by atoms with Crippen LogP contribution in [0.3, 0.4) is 0 Å². The van der Waals surface area contributed by atoms with Crippen LogP contribution in [0.15, 0.2) is 70.1 Å². The van der Waals surface area contributed by atoms with Crippen LogP contribution in [0.4, 0.5) is 0 Å². The van der Waals surface area contributed by atoms with Crippen molar-refractivity contribution in [3.05, 3.63) is 88.0 Å². The van der Waals surface area contributed by atoms with Crippen molar-refractivity contribution in [1.82, 2.24) is 4.31 Å². The predicted octanol–water partition coefficient (Wildman–Crippen LogP) is 3.66. The second-order valence-electron chi connectivity index (χ2n) is 6.70. The third kappa shape index (κ3) is 5.18. The summed E-state index contributed by atoms with van der Waals surface area (Å²) in [6.45, 7) is 2.86. The molecular weight excluding hydrogens is 374 g/mol. The van der Waals surface area contributed by atoms with Gasteiger partial charge >= 0.3 is 0 Å². The van der Waals surface area contributed by atoms with Gasteiger partial charge in [-0.3, -0.25) is 4.79 Å². The Labute approximate surface area is 166 Å². The summed E-state index contributed by atoms with van der Waals surface area (Å²) in [6.07, 6.45) is 3.33. The SMILES string of the molecule is Cc1ccc(-c2ccc(CCN(Cc3cc(=O)c(O)co3)S(C)=O)cc2)cc1. The van der Waals surface area contributed by atoms with E-state index in [1.807, 2.05) is 0 Å². The Balaban J connectivity index is 1.64. The van der Waals surface area contributed by atoms with E-state index < -0.39 is 22.2 Å². The maximum Gasteiger partial charge on any atom is 0.226 e. The number of benzene rings is 2. The molecule has 1 N–H and O–H groups in total. The second kappa shape index (κ2) is 8.99. The van der Waals surface area contributed by atoms with E-state index in [9.17, 15) is 14.1 Å². The number of hydrogen-bond acceptors (Lipinski definition) is 4. The van der Waals surface area contributed by atoms with Crippen molar-refractivity contribution in [3.8, 4) is 16.9 Å². The van der Waals surface area contributed by atoms with Crippen LogP contribution < -0.4 is 5.43 Å². The molecule has 3 aromatic rings. The Hall–Kier alpha value is -2.70. The summed E-state index contributed by atoms with van der Waals surface area (Å²) in [7, 11) is -1.22. The van der Waals surface area contributed by atoms with Crippen molar-refractivity contribution >= 4 is 11.0 Å². The maximum atomic E-state index is 12.1. The zero-order valence-electron chi connectivity index (χ0n) is 15.9. The molecule has 0 saturated carbocycles. The average molecular weight is 397 g/mol. The summed E-state index contributed by atoms with van der Waals surface area (Å²) < 4.78 is 19.0. The number of hydrogen-bond donors (Lipinski definition) is 1. The molecule has 1 unspecified atom stereocenters. The Morgan fingerprint density at radius 2 is 1.64 bits per heavy atom. The van der Waals surface area contributed by atoms with Crippen LogP contribution in [0.2, 0.25) is 0 Å². The van der Waals surface area contributed by atoms with Crippen LogP contribution in [-0.2, 0) is 24.0 Å². The maximum absolute atomic E-state index is 12.1. The van der Waals surface area contributed by atoms with Crippen LogP contribution >= 0.6 is 0 Å². The summed E-state index contributed by atoms with van der Waals surface area (Å²) >= 11 is 0. The van der Waals surface area contributed by atoms with Gasteiger partial charge in [-0.15, -0.1) is 0 Å². The third-order valence-electron chi connectivity index (χ3n) is 4.55. The molecule has 2 aromatic carbocycles. The predicted molar refractivity (Wildman–Crippen MR) is 111 cm³/mol. The van der Waals surface area contributed by atoms with E-state index in [2.05, 4.69) is 55.5 Å². The minimum atomic E-state index is -1.22. The van der Waals surface area contributed by atoms with Gasteiger partial charge in [0.2, 0.25) is 5.43 Å². The van der Waals surface area contributed by atoms with Gasteiger partial charge in [0.25, 0.3) is 0 Å². The smallest absolute Gasteiger partial charge is 0.226 e. The average Bonchev–Trinajstić information content (AvgIpc) is 2.69. The zero-order chi connectivity index (χ0) is 20.1. The van der Waals surface area contributed by atoms with Gasteiger partial charge in [0.05, 0.1) is 17.5 Å². The fourth-order valence-electron chi connectivity index (χ4n) is 2.86. The molecule has 0 fully saturated rings. The lowest BCUT2D eigenvalue weighted by atomic mass is 10.0. The summed E-state index contributed by atoms with van der Waals surface area (Å²) in [5.74, 6) is -0.0608. The van der Waals surface area contributed by atoms with Crippen molar-refractivity contribution in [3.63, 3.8) is 0 Å². The minimum absolute atomic E-state index is 0.236. The van der Waals surface area contributed by atoms with Gasteiger partial charge in [-0.05, 0) is 30.0 Å². The molecule has 0 aliphatic rings. The molecule has 5 nitrogen and oxygen atoms in total. The van der Waals surface area contributed by atoms with Crippen molar-refractivity contribution in [2.45, 2.75) is 19.9 Å². The van der Waals surface area contributed by atoms with Gasteiger partial charge in [-0.1, -0.05) is 54.1 Å². The molecule has 3 rings (SSSR count). The molecular formula is C22H23NO4S. The van der Waals surface area contributed by atoms with Crippen LogP contribution in [0, 0.1) is 6.92 Å². The first-order chi connectivity index (χ1) is 13.4. The fourth-order valence-corrected chi connectivity index (χ4v) is 3.52. The van der Waals surface area contributed by atoms with E-state index in [0.29, 0.717) is 12.3 Å². The standard InChI is InChI=1S/C22H23NO4S/c1-16-3-7-18(8-4-16)19-9-5-17(6-10-19)11-12-23(28(2)26)14-20-13-21(24)22(25)15-27-20/h3-10,13,15,25H,11-12,14H2,1-2H3. The molecule has 0 spiro atoms. The topological polar surface area (TPSA) is 70.8 Å². The molecule has 0 radical (unpaired) electrons. The second-order valence-corrected chi connectivity index (χ2v) is 8.06. The van der Waals surface area contributed by atoms with Crippen molar-refractivity contribution < 1.29 is 13.7 Å². The van der Waals surface area contributed by atoms with Crippen LogP contribution in [0.1, 0.15) is 16.9 Å². The summed E-state index contributed by atoms with van der Waals surface area (Å²) in [5, 5.41) is 9.28. The minimum Gasteiger partial charge on any atom is -0.502 e. The normalized spacial score (nSPS) is 12.2. The van der Waals surface area contributed by atoms with Crippen molar-refractivity contribution in [2.75, 3.05) is 12.8 Å². The molecule has 0 amide bonds. The Kier molecular flexibility index (Phi) is 6.44. The monoisotopic (exact) mass is 397 g/mol. The molecule has 28 heavy (non-hydrogen) atoms. The van der Waals surface area contributed by atoms with E-state index in [4.69, 9.17) is 4.42 Å². The van der Waals surface area contributed by atoms with Crippen LogP contribution in [0.5, 0.6) is 5.75 Å². The quantitative estimate of drug-likeness (QED) is 0.661. The van der Waals surface area contributed by atoms with Crippen molar-refractivity contribution in [1.29, 1.82) is 0 Å². The first kappa shape index (κ1) is 20.0. The number of nitrogens with zero attached hydrogens (tertiary/aromatic N) is 1. The summed E-state index contributed by atoms with van der Waals surface area (Å²) in [4.78, 5) is 11.5. The number of rotatable bonds is 7. The molecule has 0 bridgehead atoms. The lowest BCUT2D eigenvalue weighted by molar-refractivity contribution is 0.362. The van der Waals surface area contributed by atoms with Crippen LogP contribution in [0.25, 0.3) is 11.1 Å². The summed E-state index contributed by atoms with van der Waals surface area (Å²) in [6, 6.07) is 18.0. The molecule has 0 aliphatic carbocycles. The Morgan fingerprint density at radius 3 is 2.21 bits per heavy atom. The van der Waals surface area contributed by atoms with Gasteiger partial charge in [0.15, 0.2) is 5.75 Å². The first-order valence-electron chi connectivity index (χ1n) is 8.97. The van der Waals surface area contributed by atoms with Crippen LogP contribution in [-0.4, -0.2) is 26.4 Å². The van der Waals surface area contributed by atoms with E-state index in [1.165, 1.54) is 17.2 Å². The molecule has 146 valence electrons. The molecule has 0 aliphatic heterocycles. The Bertz CT molecular complexity index is 1010. The Morgan fingerprint density at radius 1 is 1.04 bits per heavy atom. The molecule has 1 heterocycles. The van der Waals surface area contributed by atoms with Gasteiger partial charge in [-0.25, -0.2) is 8.51 Å². The van der Waals surface area contributed by atoms with Gasteiger partial charge in [0, 0.05) is 18.9 Å². The number of aryl methyl sites for hydroxylation is 1. The van der Waals surface area contributed by atoms with E-state index in [1.54, 1.807) is 10.6 Å². The summed E-state index contributed by atoms with van der Waals surface area (Å²) in [5.41, 5.74) is 4.20. The first-order valence-corrected chi connectivity index (χ1v) is 10.5. The van der Waals surface area contributed by atoms with Gasteiger partial charge in [0.1, 0.15) is 12.0 Å². The molecule has 1 aromatic heterocycles. The highest BCUT2D eigenvalue weighted by atomic mass is 32.2. The highest BCUT2D eigenvalue weighted by Gasteiger charge is 2.13. The fraction of sp³-hybridized carbons (Fsp3) is 0.227. The van der Waals surface area contributed by atoms with E-state index >= 15 is 0 Å². The molecule has 6 heteroatoms. The van der Waals surface area contributed by atoms with Crippen molar-refractivity contribution in [2.24, 2.45) is 0 Å². The largest absolute Gasteiger partial charge is 0.502 e. The number of aromatic hydroxyl groups is 1. The lowest BCUT2D eigenvalue weighted by Crippen LogP contribution is -2.27. The molecule has 0 saturated heterocycles. The van der Waals surface area contributed by atoms with E-state index in [-0.39, 0.29) is 6.54 Å². The highest BCUT2D eigenvalue weighted by Crippen LogP contribution is 2.20. The van der Waals surface area contributed by atoms with Gasteiger partial charge < -0.3 is 9.52 Å². The zero-order valence-corrected chi connectivity index (χ0v) is 16.7. The highest BCUT2D eigenvalue weighted by molar-refractivity contribution is 7.81. The molecule has 1 atom stereocenters.